The molecule has 0 bridgehead atoms. The third-order valence-corrected chi connectivity index (χ3v) is 4.19. The van der Waals surface area contributed by atoms with Crippen LogP contribution in [0.2, 0.25) is 0 Å². The first kappa shape index (κ1) is 19.5. The maximum absolute atomic E-state index is 11.8. The monoisotopic (exact) mass is 319 g/mol. The lowest BCUT2D eigenvalue weighted by atomic mass is 10.1. The van der Waals surface area contributed by atoms with Gasteiger partial charge in [0.1, 0.15) is 5.75 Å². The first-order valence-corrected chi connectivity index (χ1v) is 9.32. The van der Waals surface area contributed by atoms with E-state index in [-0.39, 0.29) is 11.7 Å². The van der Waals surface area contributed by atoms with Crippen molar-refractivity contribution in [2.75, 3.05) is 5.32 Å². The molecule has 0 fully saturated rings. The van der Waals surface area contributed by atoms with Gasteiger partial charge in [-0.2, -0.15) is 0 Å². The van der Waals surface area contributed by atoms with Gasteiger partial charge in [-0.3, -0.25) is 4.79 Å². The summed E-state index contributed by atoms with van der Waals surface area (Å²) in [5.74, 6) is 0.113. The topological polar surface area (TPSA) is 49.3 Å². The van der Waals surface area contributed by atoms with Gasteiger partial charge in [0, 0.05) is 6.42 Å². The second kappa shape index (κ2) is 13.0. The van der Waals surface area contributed by atoms with Crippen LogP contribution < -0.4 is 5.32 Å². The number of benzene rings is 1. The number of rotatable bonds is 13. The summed E-state index contributed by atoms with van der Waals surface area (Å²) in [4.78, 5) is 11.8. The Hall–Kier alpha value is -1.51. The van der Waals surface area contributed by atoms with Gasteiger partial charge in [0.05, 0.1) is 5.69 Å². The lowest BCUT2D eigenvalue weighted by molar-refractivity contribution is -0.116. The molecule has 0 saturated heterocycles. The van der Waals surface area contributed by atoms with E-state index >= 15 is 0 Å². The first-order chi connectivity index (χ1) is 11.2. The zero-order valence-electron chi connectivity index (χ0n) is 14.7. The molecule has 1 aromatic rings. The van der Waals surface area contributed by atoms with Gasteiger partial charge in [-0.25, -0.2) is 0 Å². The maximum Gasteiger partial charge on any atom is 0.224 e. The molecular weight excluding hydrogens is 286 g/mol. The molecule has 130 valence electrons. The molecule has 0 atom stereocenters. The van der Waals surface area contributed by atoms with Crippen LogP contribution in [-0.4, -0.2) is 11.0 Å². The summed E-state index contributed by atoms with van der Waals surface area (Å²) in [6.07, 6.45) is 14.6. The fourth-order valence-corrected chi connectivity index (χ4v) is 2.74. The van der Waals surface area contributed by atoms with Crippen LogP contribution in [0.15, 0.2) is 24.3 Å². The van der Waals surface area contributed by atoms with Gasteiger partial charge in [-0.05, 0) is 18.6 Å². The molecule has 1 rings (SSSR count). The highest BCUT2D eigenvalue weighted by Gasteiger charge is 2.05. The van der Waals surface area contributed by atoms with Crippen molar-refractivity contribution >= 4 is 11.6 Å². The highest BCUT2D eigenvalue weighted by atomic mass is 16.3. The molecule has 0 unspecified atom stereocenters. The molecule has 0 heterocycles. The number of phenolic OH excluding ortho intramolecular Hbond substituents is 1. The molecule has 1 aromatic carbocycles. The van der Waals surface area contributed by atoms with Crippen LogP contribution in [0.3, 0.4) is 0 Å². The number of carbonyl (C=O) groups is 1. The van der Waals surface area contributed by atoms with E-state index in [1.54, 1.807) is 24.3 Å². The molecule has 0 aliphatic rings. The number of unbranched alkanes of at least 4 members (excludes halogenated alkanes) is 10. The minimum Gasteiger partial charge on any atom is -0.506 e. The van der Waals surface area contributed by atoms with E-state index in [4.69, 9.17) is 0 Å². The lowest BCUT2D eigenvalue weighted by Crippen LogP contribution is -2.11. The fourth-order valence-electron chi connectivity index (χ4n) is 2.74. The molecule has 0 aromatic heterocycles. The minimum absolute atomic E-state index is 0.0116. The number of aromatic hydroxyl groups is 1. The molecule has 3 heteroatoms. The minimum atomic E-state index is -0.0116. The van der Waals surface area contributed by atoms with E-state index in [0.29, 0.717) is 12.1 Å². The summed E-state index contributed by atoms with van der Waals surface area (Å²) < 4.78 is 0. The van der Waals surface area contributed by atoms with E-state index in [2.05, 4.69) is 12.2 Å². The largest absolute Gasteiger partial charge is 0.506 e. The van der Waals surface area contributed by atoms with E-state index in [0.717, 1.165) is 12.8 Å². The fraction of sp³-hybridized carbons (Fsp3) is 0.650. The molecule has 3 nitrogen and oxygen atoms in total. The Morgan fingerprint density at radius 1 is 0.870 bits per heavy atom. The van der Waals surface area contributed by atoms with Crippen molar-refractivity contribution in [2.24, 2.45) is 0 Å². The van der Waals surface area contributed by atoms with Crippen LogP contribution in [-0.2, 0) is 4.79 Å². The summed E-state index contributed by atoms with van der Waals surface area (Å²) in [5.41, 5.74) is 0.501. The molecule has 0 radical (unpaired) electrons. The zero-order valence-corrected chi connectivity index (χ0v) is 14.7. The van der Waals surface area contributed by atoms with E-state index in [9.17, 15) is 9.90 Å². The number of phenols is 1. The van der Waals surface area contributed by atoms with Crippen molar-refractivity contribution in [1.29, 1.82) is 0 Å². The van der Waals surface area contributed by atoms with E-state index in [1.807, 2.05) is 0 Å². The second-order valence-electron chi connectivity index (χ2n) is 6.35. The van der Waals surface area contributed by atoms with Crippen molar-refractivity contribution in [1.82, 2.24) is 0 Å². The molecule has 1 amide bonds. The Kier molecular flexibility index (Phi) is 11.0. The van der Waals surface area contributed by atoms with Crippen LogP contribution in [0.5, 0.6) is 5.75 Å². The van der Waals surface area contributed by atoms with Gasteiger partial charge in [-0.15, -0.1) is 0 Å². The third kappa shape index (κ3) is 9.98. The SMILES string of the molecule is CCCCCCCCCCCCCC(=O)Nc1ccccc1O. The lowest BCUT2D eigenvalue weighted by Gasteiger charge is -2.07. The number of nitrogens with one attached hydrogen (secondary N) is 1. The van der Waals surface area contributed by atoms with Crippen LogP contribution >= 0.6 is 0 Å². The zero-order chi connectivity index (χ0) is 16.8. The van der Waals surface area contributed by atoms with Crippen molar-refractivity contribution < 1.29 is 9.90 Å². The van der Waals surface area contributed by atoms with Crippen LogP contribution in [0, 0.1) is 0 Å². The average molecular weight is 319 g/mol. The van der Waals surface area contributed by atoms with Crippen molar-refractivity contribution in [2.45, 2.75) is 84.0 Å². The molecule has 0 spiro atoms. The van der Waals surface area contributed by atoms with Gasteiger partial charge in [0.25, 0.3) is 0 Å². The Morgan fingerprint density at radius 2 is 1.39 bits per heavy atom. The Balaban J connectivity index is 1.93. The number of para-hydroxylation sites is 2. The quantitative estimate of drug-likeness (QED) is 0.344. The molecule has 23 heavy (non-hydrogen) atoms. The molecule has 0 saturated carbocycles. The standard InChI is InChI=1S/C20H33NO2/c1-2-3-4-5-6-7-8-9-10-11-12-17-20(23)21-18-15-13-14-16-19(18)22/h13-16,22H,2-12,17H2,1H3,(H,21,23). The number of hydrogen-bond acceptors (Lipinski definition) is 2. The van der Waals surface area contributed by atoms with E-state index < -0.39 is 0 Å². The molecular formula is C20H33NO2. The first-order valence-electron chi connectivity index (χ1n) is 9.32. The van der Waals surface area contributed by atoms with Crippen LogP contribution in [0.1, 0.15) is 84.0 Å². The Bertz CT molecular complexity index is 431. The molecule has 0 aliphatic carbocycles. The summed E-state index contributed by atoms with van der Waals surface area (Å²) in [6.45, 7) is 2.25. The van der Waals surface area contributed by atoms with Crippen molar-refractivity contribution in [3.05, 3.63) is 24.3 Å². The van der Waals surface area contributed by atoms with Crippen molar-refractivity contribution in [3.8, 4) is 5.75 Å². The number of amides is 1. The second-order valence-corrected chi connectivity index (χ2v) is 6.35. The highest BCUT2D eigenvalue weighted by molar-refractivity contribution is 5.92. The number of anilines is 1. The van der Waals surface area contributed by atoms with Crippen LogP contribution in [0.4, 0.5) is 5.69 Å². The summed E-state index contributed by atoms with van der Waals surface area (Å²) in [5, 5.41) is 12.4. The summed E-state index contributed by atoms with van der Waals surface area (Å²) in [7, 11) is 0. The Morgan fingerprint density at radius 3 is 1.96 bits per heavy atom. The maximum atomic E-state index is 11.8. The van der Waals surface area contributed by atoms with Gasteiger partial charge >= 0.3 is 0 Å². The summed E-state index contributed by atoms with van der Waals surface area (Å²) >= 11 is 0. The van der Waals surface area contributed by atoms with Gasteiger partial charge in [0.15, 0.2) is 0 Å². The normalized spacial score (nSPS) is 10.7. The highest BCUT2D eigenvalue weighted by Crippen LogP contribution is 2.21. The van der Waals surface area contributed by atoms with Crippen molar-refractivity contribution in [3.63, 3.8) is 0 Å². The van der Waals surface area contributed by atoms with Gasteiger partial charge < -0.3 is 10.4 Å². The number of carbonyl (C=O) groups excluding carboxylic acids is 1. The predicted octanol–water partition coefficient (Wildman–Crippen LogP) is 6.03. The number of hydrogen-bond donors (Lipinski definition) is 2. The van der Waals surface area contributed by atoms with Crippen LogP contribution in [0.25, 0.3) is 0 Å². The molecule has 2 N–H and O–H groups in total. The van der Waals surface area contributed by atoms with E-state index in [1.165, 1.54) is 57.8 Å². The predicted molar refractivity (Wildman–Crippen MR) is 97.8 cm³/mol. The average Bonchev–Trinajstić information content (AvgIpc) is 2.55. The van der Waals surface area contributed by atoms with Gasteiger partial charge in [-0.1, -0.05) is 83.3 Å². The molecule has 0 aliphatic heterocycles. The smallest absolute Gasteiger partial charge is 0.224 e. The Labute approximate surface area is 141 Å². The summed E-state index contributed by atoms with van der Waals surface area (Å²) in [6, 6.07) is 6.85. The van der Waals surface area contributed by atoms with Gasteiger partial charge in [0.2, 0.25) is 5.91 Å². The third-order valence-electron chi connectivity index (χ3n) is 4.19.